The van der Waals surface area contributed by atoms with Crippen molar-refractivity contribution in [1.29, 1.82) is 0 Å². The van der Waals surface area contributed by atoms with E-state index in [0.717, 1.165) is 44.9 Å². The average molecular weight is 304 g/mol. The van der Waals surface area contributed by atoms with Gasteiger partial charge in [-0.25, -0.2) is 0 Å². The Morgan fingerprint density at radius 3 is 2.70 bits per heavy atom. The van der Waals surface area contributed by atoms with Gasteiger partial charge in [0.05, 0.1) is 6.61 Å². The van der Waals surface area contributed by atoms with E-state index in [1.807, 2.05) is 0 Å². The van der Waals surface area contributed by atoms with E-state index < -0.39 is 10.2 Å². The smallest absolute Gasteiger partial charge is 0.280 e. The number of aliphatic hydroxyl groups is 1. The van der Waals surface area contributed by atoms with Gasteiger partial charge in [-0.05, 0) is 31.6 Å². The number of nitrogens with one attached hydrogen (secondary N) is 1. The van der Waals surface area contributed by atoms with Crippen LogP contribution in [0.25, 0.3) is 0 Å². The van der Waals surface area contributed by atoms with Crippen LogP contribution in [-0.2, 0) is 10.2 Å². The summed E-state index contributed by atoms with van der Waals surface area (Å²) < 4.78 is 29.4. The molecule has 3 unspecified atom stereocenters. The van der Waals surface area contributed by atoms with Crippen molar-refractivity contribution < 1.29 is 13.5 Å². The molecule has 0 aromatic rings. The molecule has 1 heterocycles. The van der Waals surface area contributed by atoms with Crippen molar-refractivity contribution in [2.24, 2.45) is 5.92 Å². The molecule has 3 atom stereocenters. The van der Waals surface area contributed by atoms with Crippen molar-refractivity contribution >= 4 is 10.2 Å². The predicted octanol–water partition coefficient (Wildman–Crippen LogP) is 1.64. The summed E-state index contributed by atoms with van der Waals surface area (Å²) in [4.78, 5) is 0. The van der Waals surface area contributed by atoms with Crippen molar-refractivity contribution in [3.8, 4) is 0 Å². The first-order valence-corrected chi connectivity index (χ1v) is 9.40. The Kier molecular flexibility index (Phi) is 5.84. The van der Waals surface area contributed by atoms with Gasteiger partial charge in [0.1, 0.15) is 0 Å². The fraction of sp³-hybridized carbons (Fsp3) is 1.00. The topological polar surface area (TPSA) is 69.6 Å². The summed E-state index contributed by atoms with van der Waals surface area (Å²) >= 11 is 0. The molecular formula is C14H28N2O3S. The fourth-order valence-corrected chi connectivity index (χ4v) is 5.22. The summed E-state index contributed by atoms with van der Waals surface area (Å²) in [6.07, 6.45) is 7.99. The maximum absolute atomic E-state index is 12.5. The number of aliphatic hydroxyl groups excluding tert-OH is 1. The second-order valence-corrected chi connectivity index (χ2v) is 7.86. The van der Waals surface area contributed by atoms with Crippen LogP contribution < -0.4 is 4.72 Å². The van der Waals surface area contributed by atoms with Crippen molar-refractivity contribution in [2.45, 2.75) is 70.4 Å². The monoisotopic (exact) mass is 304 g/mol. The zero-order valence-corrected chi connectivity index (χ0v) is 13.2. The fourth-order valence-electron chi connectivity index (χ4n) is 3.52. The Hall–Kier alpha value is -0.170. The number of piperidine rings is 1. The lowest BCUT2D eigenvalue weighted by molar-refractivity contribution is 0.152. The molecule has 2 N–H and O–H groups in total. The van der Waals surface area contributed by atoms with Crippen LogP contribution in [0, 0.1) is 5.92 Å². The van der Waals surface area contributed by atoms with E-state index >= 15 is 0 Å². The van der Waals surface area contributed by atoms with E-state index in [2.05, 4.69) is 11.6 Å². The van der Waals surface area contributed by atoms with Crippen LogP contribution in [0.3, 0.4) is 0 Å². The van der Waals surface area contributed by atoms with Crippen LogP contribution in [0.1, 0.15) is 58.3 Å². The molecular weight excluding hydrogens is 276 g/mol. The van der Waals surface area contributed by atoms with Gasteiger partial charge in [-0.3, -0.25) is 0 Å². The Morgan fingerprint density at radius 2 is 2.00 bits per heavy atom. The maximum Gasteiger partial charge on any atom is 0.280 e. The van der Waals surface area contributed by atoms with E-state index in [9.17, 15) is 13.5 Å². The van der Waals surface area contributed by atoms with Gasteiger partial charge >= 0.3 is 0 Å². The third-order valence-corrected chi connectivity index (χ3v) is 6.50. The molecule has 1 saturated heterocycles. The first-order valence-electron chi connectivity index (χ1n) is 7.96. The molecule has 0 amide bonds. The predicted molar refractivity (Wildman–Crippen MR) is 79.5 cm³/mol. The van der Waals surface area contributed by atoms with Gasteiger partial charge in [0.2, 0.25) is 0 Å². The van der Waals surface area contributed by atoms with Crippen LogP contribution >= 0.6 is 0 Å². The lowest BCUT2D eigenvalue weighted by Crippen LogP contribution is -2.53. The SMILES string of the molecule is CCC1CCCC(NS(=O)(=O)N2CCCCC2CO)C1. The molecule has 2 aliphatic rings. The van der Waals surface area contributed by atoms with Gasteiger partial charge in [-0.15, -0.1) is 0 Å². The second-order valence-electron chi connectivity index (χ2n) is 6.20. The van der Waals surface area contributed by atoms with Crippen LogP contribution in [-0.4, -0.2) is 43.1 Å². The van der Waals surface area contributed by atoms with Gasteiger partial charge in [0.25, 0.3) is 10.2 Å². The zero-order chi connectivity index (χ0) is 14.6. The van der Waals surface area contributed by atoms with Gasteiger partial charge in [-0.1, -0.05) is 32.6 Å². The summed E-state index contributed by atoms with van der Waals surface area (Å²) in [6, 6.07) is -0.174. The summed E-state index contributed by atoms with van der Waals surface area (Å²) in [5, 5.41) is 9.38. The molecule has 0 aromatic heterocycles. The first-order chi connectivity index (χ1) is 9.56. The highest BCUT2D eigenvalue weighted by atomic mass is 32.2. The average Bonchev–Trinajstić information content (AvgIpc) is 2.47. The quantitative estimate of drug-likeness (QED) is 0.811. The normalized spacial score (nSPS) is 33.2. The Morgan fingerprint density at radius 1 is 1.20 bits per heavy atom. The van der Waals surface area contributed by atoms with E-state index in [0.29, 0.717) is 12.5 Å². The molecule has 0 aromatic carbocycles. The lowest BCUT2D eigenvalue weighted by atomic mass is 9.85. The third kappa shape index (κ3) is 3.93. The highest BCUT2D eigenvalue weighted by Crippen LogP contribution is 2.28. The molecule has 2 rings (SSSR count). The molecule has 1 aliphatic heterocycles. The minimum atomic E-state index is -3.45. The highest BCUT2D eigenvalue weighted by molar-refractivity contribution is 7.87. The Labute approximate surface area is 122 Å². The number of rotatable bonds is 5. The zero-order valence-electron chi connectivity index (χ0n) is 12.4. The van der Waals surface area contributed by atoms with Crippen molar-refractivity contribution in [1.82, 2.24) is 9.03 Å². The minimum Gasteiger partial charge on any atom is -0.395 e. The Bertz CT molecular complexity index is 399. The van der Waals surface area contributed by atoms with Crippen molar-refractivity contribution in [3.63, 3.8) is 0 Å². The van der Waals surface area contributed by atoms with Crippen molar-refractivity contribution in [2.75, 3.05) is 13.2 Å². The molecule has 0 spiro atoms. The molecule has 1 aliphatic carbocycles. The van der Waals surface area contributed by atoms with E-state index in [1.165, 1.54) is 10.7 Å². The van der Waals surface area contributed by atoms with E-state index in [-0.39, 0.29) is 18.7 Å². The standard InChI is InChI=1S/C14H28N2O3S/c1-2-12-6-5-7-13(10-12)15-20(18,19)16-9-4-3-8-14(16)11-17/h12-15,17H,2-11H2,1H3. The molecule has 6 heteroatoms. The summed E-state index contributed by atoms with van der Waals surface area (Å²) in [6.45, 7) is 2.63. The maximum atomic E-state index is 12.5. The van der Waals surface area contributed by atoms with Crippen molar-refractivity contribution in [3.05, 3.63) is 0 Å². The molecule has 0 radical (unpaired) electrons. The Balaban J connectivity index is 1.98. The van der Waals surface area contributed by atoms with Crippen LogP contribution in [0.2, 0.25) is 0 Å². The molecule has 20 heavy (non-hydrogen) atoms. The highest BCUT2D eigenvalue weighted by Gasteiger charge is 2.34. The molecule has 1 saturated carbocycles. The van der Waals surface area contributed by atoms with Gasteiger partial charge < -0.3 is 5.11 Å². The number of nitrogens with zero attached hydrogens (tertiary/aromatic N) is 1. The second kappa shape index (κ2) is 7.20. The molecule has 0 bridgehead atoms. The largest absolute Gasteiger partial charge is 0.395 e. The number of hydrogen-bond acceptors (Lipinski definition) is 3. The molecule has 5 nitrogen and oxygen atoms in total. The summed E-state index contributed by atoms with van der Waals surface area (Å²) in [7, 11) is -3.45. The summed E-state index contributed by atoms with van der Waals surface area (Å²) in [5.41, 5.74) is 0. The van der Waals surface area contributed by atoms with E-state index in [1.54, 1.807) is 0 Å². The molecule has 2 fully saturated rings. The minimum absolute atomic E-state index is 0.0694. The van der Waals surface area contributed by atoms with Gasteiger partial charge in [0, 0.05) is 18.6 Å². The first kappa shape index (κ1) is 16.2. The summed E-state index contributed by atoms with van der Waals surface area (Å²) in [5.74, 6) is 0.645. The van der Waals surface area contributed by atoms with Crippen LogP contribution in [0.4, 0.5) is 0 Å². The molecule has 118 valence electrons. The van der Waals surface area contributed by atoms with Crippen LogP contribution in [0.5, 0.6) is 0 Å². The van der Waals surface area contributed by atoms with Gasteiger partial charge in [0.15, 0.2) is 0 Å². The van der Waals surface area contributed by atoms with Gasteiger partial charge in [-0.2, -0.15) is 17.4 Å². The van der Waals surface area contributed by atoms with Crippen LogP contribution in [0.15, 0.2) is 0 Å². The lowest BCUT2D eigenvalue weighted by Gasteiger charge is -2.36. The number of hydrogen-bond donors (Lipinski definition) is 2. The third-order valence-electron chi connectivity index (χ3n) is 4.77. The van der Waals surface area contributed by atoms with E-state index in [4.69, 9.17) is 0 Å².